The Morgan fingerprint density at radius 3 is 2.69 bits per heavy atom. The fraction of sp³-hybridized carbons (Fsp3) is 0.333. The molecule has 1 aliphatic heterocycles. The zero-order valence-electron chi connectivity index (χ0n) is 16.9. The van der Waals surface area contributed by atoms with E-state index >= 15 is 0 Å². The molecule has 2 aromatic rings. The number of aromatic nitrogens is 2. The van der Waals surface area contributed by atoms with E-state index in [2.05, 4.69) is 20.3 Å². The SMILES string of the molecule is CC[C@@]1(c2cc(NC(=O)c3cnc(C)cn3)ccc2F)CC(=C(C)C)SC(N)=N1. The van der Waals surface area contributed by atoms with Crippen molar-refractivity contribution in [1.29, 1.82) is 0 Å². The highest BCUT2D eigenvalue weighted by atomic mass is 32.2. The molecule has 3 rings (SSSR count). The normalized spacial score (nSPS) is 18.9. The highest BCUT2D eigenvalue weighted by Gasteiger charge is 2.37. The summed E-state index contributed by atoms with van der Waals surface area (Å²) >= 11 is 1.43. The number of nitrogens with one attached hydrogen (secondary N) is 1. The van der Waals surface area contributed by atoms with Gasteiger partial charge in [-0.15, -0.1) is 0 Å². The number of rotatable bonds is 4. The first-order valence-electron chi connectivity index (χ1n) is 9.33. The lowest BCUT2D eigenvalue weighted by molar-refractivity contribution is 0.102. The summed E-state index contributed by atoms with van der Waals surface area (Å²) in [5.74, 6) is -0.788. The number of thioether (sulfide) groups is 1. The molecule has 29 heavy (non-hydrogen) atoms. The van der Waals surface area contributed by atoms with Gasteiger partial charge >= 0.3 is 0 Å². The van der Waals surface area contributed by atoms with E-state index in [1.54, 1.807) is 13.0 Å². The van der Waals surface area contributed by atoms with Gasteiger partial charge in [0.25, 0.3) is 5.91 Å². The van der Waals surface area contributed by atoms with Crippen molar-refractivity contribution in [2.24, 2.45) is 10.7 Å². The van der Waals surface area contributed by atoms with Crippen LogP contribution in [0.15, 0.2) is 46.1 Å². The third-order valence-electron chi connectivity index (χ3n) is 4.89. The number of halogens is 1. The number of amidine groups is 1. The lowest BCUT2D eigenvalue weighted by atomic mass is 9.83. The van der Waals surface area contributed by atoms with Crippen molar-refractivity contribution < 1.29 is 9.18 Å². The van der Waals surface area contributed by atoms with Crippen LogP contribution in [0.4, 0.5) is 10.1 Å². The molecular weight excluding hydrogens is 389 g/mol. The molecule has 3 N–H and O–H groups in total. The minimum absolute atomic E-state index is 0.190. The molecule has 1 aromatic heterocycles. The minimum Gasteiger partial charge on any atom is -0.378 e. The monoisotopic (exact) mass is 413 g/mol. The Kier molecular flexibility index (Phi) is 6.02. The molecule has 2 heterocycles. The van der Waals surface area contributed by atoms with Crippen molar-refractivity contribution >= 4 is 28.5 Å². The second-order valence-electron chi connectivity index (χ2n) is 7.23. The third-order valence-corrected chi connectivity index (χ3v) is 5.99. The molecule has 8 heteroatoms. The zero-order chi connectivity index (χ0) is 21.2. The second kappa shape index (κ2) is 8.32. The number of amides is 1. The maximum Gasteiger partial charge on any atom is 0.275 e. The van der Waals surface area contributed by atoms with Crippen LogP contribution in [0.25, 0.3) is 0 Å². The summed E-state index contributed by atoms with van der Waals surface area (Å²) in [4.78, 5) is 26.4. The molecular formula is C21H24FN5OS. The summed E-state index contributed by atoms with van der Waals surface area (Å²) in [5, 5.41) is 3.18. The molecule has 1 atom stereocenters. The highest BCUT2D eigenvalue weighted by Crippen LogP contribution is 2.45. The Balaban J connectivity index is 1.98. The summed E-state index contributed by atoms with van der Waals surface area (Å²) < 4.78 is 14.9. The van der Waals surface area contributed by atoms with Crippen LogP contribution in [0.5, 0.6) is 0 Å². The van der Waals surface area contributed by atoms with Gasteiger partial charge < -0.3 is 11.1 Å². The quantitative estimate of drug-likeness (QED) is 0.768. The van der Waals surface area contributed by atoms with Gasteiger partial charge in [0.1, 0.15) is 11.5 Å². The number of nitrogens with zero attached hydrogens (tertiary/aromatic N) is 3. The Morgan fingerprint density at radius 2 is 2.07 bits per heavy atom. The van der Waals surface area contributed by atoms with Crippen molar-refractivity contribution in [2.45, 2.75) is 46.1 Å². The van der Waals surface area contributed by atoms with E-state index in [1.807, 2.05) is 20.8 Å². The number of aliphatic imine (C=N–C) groups is 1. The first kappa shape index (κ1) is 21.0. The van der Waals surface area contributed by atoms with Crippen LogP contribution in [-0.2, 0) is 5.54 Å². The van der Waals surface area contributed by atoms with Gasteiger partial charge in [0.2, 0.25) is 0 Å². The van der Waals surface area contributed by atoms with Crippen LogP contribution in [0.1, 0.15) is 55.4 Å². The topological polar surface area (TPSA) is 93.3 Å². The summed E-state index contributed by atoms with van der Waals surface area (Å²) in [6.45, 7) is 7.77. The lowest BCUT2D eigenvalue weighted by Gasteiger charge is -2.35. The summed E-state index contributed by atoms with van der Waals surface area (Å²) in [5.41, 5.74) is 8.19. The number of hydrogen-bond acceptors (Lipinski definition) is 6. The van der Waals surface area contributed by atoms with Crippen LogP contribution in [0.2, 0.25) is 0 Å². The first-order valence-corrected chi connectivity index (χ1v) is 10.2. The number of anilines is 1. The second-order valence-corrected chi connectivity index (χ2v) is 8.34. The average Bonchev–Trinajstić information content (AvgIpc) is 2.69. The van der Waals surface area contributed by atoms with E-state index in [4.69, 9.17) is 5.73 Å². The van der Waals surface area contributed by atoms with Crippen LogP contribution in [0.3, 0.4) is 0 Å². The molecule has 6 nitrogen and oxygen atoms in total. The van der Waals surface area contributed by atoms with Gasteiger partial charge in [0.15, 0.2) is 5.17 Å². The number of allylic oxidation sites excluding steroid dienone is 1. The number of benzene rings is 1. The van der Waals surface area contributed by atoms with Crippen LogP contribution in [0, 0.1) is 12.7 Å². The number of aryl methyl sites for hydroxylation is 1. The Labute approximate surface area is 173 Å². The Morgan fingerprint density at radius 1 is 1.31 bits per heavy atom. The van der Waals surface area contributed by atoms with Crippen LogP contribution < -0.4 is 11.1 Å². The zero-order valence-corrected chi connectivity index (χ0v) is 17.7. The van der Waals surface area contributed by atoms with Crippen LogP contribution in [-0.4, -0.2) is 21.0 Å². The maximum atomic E-state index is 14.9. The van der Waals surface area contributed by atoms with Gasteiger partial charge in [0.05, 0.1) is 17.4 Å². The number of nitrogens with two attached hydrogens (primary N) is 1. The summed E-state index contributed by atoms with van der Waals surface area (Å²) in [7, 11) is 0. The predicted molar refractivity (Wildman–Crippen MR) is 115 cm³/mol. The smallest absolute Gasteiger partial charge is 0.275 e. The van der Waals surface area contributed by atoms with Gasteiger partial charge in [-0.25, -0.2) is 9.37 Å². The van der Waals surface area contributed by atoms with Gasteiger partial charge in [-0.1, -0.05) is 24.3 Å². The molecule has 0 bridgehead atoms. The van der Waals surface area contributed by atoms with Gasteiger partial charge in [-0.05, 0) is 50.3 Å². The van der Waals surface area contributed by atoms with E-state index < -0.39 is 11.4 Å². The first-order chi connectivity index (χ1) is 13.7. The molecule has 152 valence electrons. The highest BCUT2D eigenvalue weighted by molar-refractivity contribution is 8.17. The molecule has 1 aromatic carbocycles. The summed E-state index contributed by atoms with van der Waals surface area (Å²) in [6.07, 6.45) is 4.07. The third kappa shape index (κ3) is 4.48. The van der Waals surface area contributed by atoms with Crippen molar-refractivity contribution in [3.63, 3.8) is 0 Å². The van der Waals surface area contributed by atoms with E-state index in [0.29, 0.717) is 29.3 Å². The minimum atomic E-state index is -0.809. The van der Waals surface area contributed by atoms with E-state index in [0.717, 1.165) is 16.2 Å². The maximum absolute atomic E-state index is 14.9. The largest absolute Gasteiger partial charge is 0.378 e. The van der Waals surface area contributed by atoms with Gasteiger partial charge in [-0.2, -0.15) is 0 Å². The molecule has 1 amide bonds. The lowest BCUT2D eigenvalue weighted by Crippen LogP contribution is -2.32. The van der Waals surface area contributed by atoms with Gasteiger partial charge in [-0.3, -0.25) is 14.8 Å². The van der Waals surface area contributed by atoms with E-state index in [-0.39, 0.29) is 11.5 Å². The molecule has 0 saturated carbocycles. The Bertz CT molecular complexity index is 999. The summed E-state index contributed by atoms with van der Waals surface area (Å²) in [6, 6.07) is 4.50. The number of carbonyl (C=O) groups excluding carboxylic acids is 1. The standard InChI is InChI=1S/C21H24FN5OS/c1-5-21(9-18(12(2)3)29-20(23)27-21)15-8-14(6-7-16(15)22)26-19(28)17-11-24-13(4)10-25-17/h6-8,10-11H,5,9H2,1-4H3,(H2,23,27)(H,26,28)/t21-/m0/s1. The van der Waals surface area contributed by atoms with Crippen molar-refractivity contribution in [1.82, 2.24) is 9.97 Å². The predicted octanol–water partition coefficient (Wildman–Crippen LogP) is 4.53. The molecule has 0 radical (unpaired) electrons. The molecule has 0 saturated heterocycles. The van der Waals surface area contributed by atoms with Crippen LogP contribution >= 0.6 is 11.8 Å². The average molecular weight is 414 g/mol. The molecule has 1 aliphatic rings. The fourth-order valence-corrected chi connectivity index (χ4v) is 4.18. The molecule has 0 spiro atoms. The van der Waals surface area contributed by atoms with Crippen molar-refractivity contribution in [3.05, 3.63) is 63.8 Å². The Hall–Kier alpha value is -2.74. The van der Waals surface area contributed by atoms with Crippen molar-refractivity contribution in [2.75, 3.05) is 5.32 Å². The number of hydrogen-bond donors (Lipinski definition) is 2. The van der Waals surface area contributed by atoms with E-state index in [9.17, 15) is 9.18 Å². The fourth-order valence-electron chi connectivity index (χ4n) is 3.19. The molecule has 0 fully saturated rings. The van der Waals surface area contributed by atoms with E-state index in [1.165, 1.54) is 36.3 Å². The number of carbonyl (C=O) groups is 1. The molecule has 0 aliphatic carbocycles. The van der Waals surface area contributed by atoms with Crippen molar-refractivity contribution in [3.8, 4) is 0 Å². The van der Waals surface area contributed by atoms with Gasteiger partial charge in [0, 0.05) is 23.9 Å². The molecule has 0 unspecified atom stereocenters.